The molecule has 1 amide bonds. The molecule has 1 heterocycles. The second-order valence-corrected chi connectivity index (χ2v) is 4.87. The average molecular weight is 253 g/mol. The van der Waals surface area contributed by atoms with Gasteiger partial charge in [-0.25, -0.2) is 0 Å². The predicted octanol–water partition coefficient (Wildman–Crippen LogP) is 1.31. The summed E-state index contributed by atoms with van der Waals surface area (Å²) in [5, 5.41) is 6.57. The zero-order valence-corrected chi connectivity index (χ0v) is 10.5. The van der Waals surface area contributed by atoms with E-state index in [0.717, 1.165) is 25.7 Å². The highest BCUT2D eigenvalue weighted by atomic mass is 32.1. The Balaban J connectivity index is 2.14. The van der Waals surface area contributed by atoms with Gasteiger partial charge in [-0.1, -0.05) is 30.2 Å². The molecule has 0 atom stereocenters. The molecule has 1 aromatic heterocycles. The van der Waals surface area contributed by atoms with E-state index in [9.17, 15) is 4.79 Å². The average Bonchev–Trinajstić information content (AvgIpc) is 2.87. The van der Waals surface area contributed by atoms with Crippen molar-refractivity contribution >= 4 is 23.1 Å². The van der Waals surface area contributed by atoms with Crippen molar-refractivity contribution in [3.8, 4) is 0 Å². The van der Waals surface area contributed by atoms with Gasteiger partial charge in [0.1, 0.15) is 5.76 Å². The number of hydrogen-bond acceptors (Lipinski definition) is 4. The summed E-state index contributed by atoms with van der Waals surface area (Å²) in [6, 6.07) is 1.59. The number of thiocarbonyl (C=S) groups is 1. The molecule has 5 nitrogen and oxygen atoms in total. The quantitative estimate of drug-likeness (QED) is 0.794. The van der Waals surface area contributed by atoms with E-state index in [2.05, 4.69) is 10.5 Å². The van der Waals surface area contributed by atoms with E-state index in [-0.39, 0.29) is 11.6 Å². The number of nitrogens with one attached hydrogen (secondary N) is 1. The number of nitrogens with zero attached hydrogens (tertiary/aromatic N) is 1. The Morgan fingerprint density at radius 2 is 2.24 bits per heavy atom. The van der Waals surface area contributed by atoms with Crippen molar-refractivity contribution in [1.82, 2.24) is 10.5 Å². The minimum Gasteiger partial charge on any atom is -0.391 e. The smallest absolute Gasteiger partial charge is 0.274 e. The first-order chi connectivity index (χ1) is 8.03. The molecule has 1 fully saturated rings. The number of carbonyl (C=O) groups excluding carboxylic acids is 1. The number of aromatic nitrogens is 1. The Morgan fingerprint density at radius 3 is 2.71 bits per heavy atom. The van der Waals surface area contributed by atoms with Crippen molar-refractivity contribution in [1.29, 1.82) is 0 Å². The van der Waals surface area contributed by atoms with Gasteiger partial charge in [0.05, 0.1) is 10.5 Å². The van der Waals surface area contributed by atoms with E-state index in [1.165, 1.54) is 0 Å². The molecule has 0 aromatic carbocycles. The highest BCUT2D eigenvalue weighted by Gasteiger charge is 2.38. The number of carbonyl (C=O) groups is 1. The molecule has 1 aliphatic carbocycles. The lowest BCUT2D eigenvalue weighted by Crippen LogP contribution is -2.54. The summed E-state index contributed by atoms with van der Waals surface area (Å²) in [7, 11) is 0. The zero-order valence-electron chi connectivity index (χ0n) is 9.66. The maximum atomic E-state index is 12.0. The van der Waals surface area contributed by atoms with Crippen LogP contribution in [0.25, 0.3) is 0 Å². The Morgan fingerprint density at radius 1 is 1.59 bits per heavy atom. The molecular weight excluding hydrogens is 238 g/mol. The van der Waals surface area contributed by atoms with Gasteiger partial charge in [0.2, 0.25) is 0 Å². The van der Waals surface area contributed by atoms with Crippen molar-refractivity contribution in [3.63, 3.8) is 0 Å². The summed E-state index contributed by atoms with van der Waals surface area (Å²) in [5.41, 5.74) is 5.46. The molecular formula is C11H15N3O2S. The fourth-order valence-electron chi connectivity index (χ4n) is 2.17. The van der Waals surface area contributed by atoms with Crippen molar-refractivity contribution in [2.45, 2.75) is 38.1 Å². The molecule has 92 valence electrons. The number of rotatable bonds is 3. The fraction of sp³-hybridized carbons (Fsp3) is 0.545. The van der Waals surface area contributed by atoms with Crippen molar-refractivity contribution in [2.75, 3.05) is 0 Å². The first kappa shape index (κ1) is 12.0. The first-order valence-electron chi connectivity index (χ1n) is 5.59. The van der Waals surface area contributed by atoms with E-state index >= 15 is 0 Å². The molecule has 3 N–H and O–H groups in total. The number of amides is 1. The molecule has 1 aliphatic rings. The Hall–Kier alpha value is -1.43. The molecule has 2 rings (SSSR count). The molecule has 0 bridgehead atoms. The van der Waals surface area contributed by atoms with Crippen molar-refractivity contribution < 1.29 is 9.32 Å². The summed E-state index contributed by atoms with van der Waals surface area (Å²) < 4.78 is 4.87. The van der Waals surface area contributed by atoms with Gasteiger partial charge in [-0.05, 0) is 19.8 Å². The molecule has 0 aliphatic heterocycles. The van der Waals surface area contributed by atoms with Crippen LogP contribution in [0.2, 0.25) is 0 Å². The third kappa shape index (κ3) is 2.31. The molecule has 0 unspecified atom stereocenters. The van der Waals surface area contributed by atoms with E-state index in [0.29, 0.717) is 10.7 Å². The monoisotopic (exact) mass is 253 g/mol. The van der Waals surface area contributed by atoms with Gasteiger partial charge in [0.15, 0.2) is 5.69 Å². The minimum absolute atomic E-state index is 0.269. The topological polar surface area (TPSA) is 81.2 Å². The number of aryl methyl sites for hydroxylation is 1. The summed E-state index contributed by atoms with van der Waals surface area (Å²) in [6.07, 6.45) is 3.64. The third-order valence-electron chi connectivity index (χ3n) is 3.14. The maximum Gasteiger partial charge on any atom is 0.274 e. The number of hydrogen-bond donors (Lipinski definition) is 2. The van der Waals surface area contributed by atoms with Gasteiger partial charge in [-0.3, -0.25) is 4.79 Å². The van der Waals surface area contributed by atoms with Gasteiger partial charge in [-0.15, -0.1) is 0 Å². The Bertz CT molecular complexity index is 449. The molecule has 6 heteroatoms. The Labute approximate surface area is 105 Å². The molecule has 17 heavy (non-hydrogen) atoms. The highest BCUT2D eigenvalue weighted by Crippen LogP contribution is 2.30. The van der Waals surface area contributed by atoms with Crippen LogP contribution in [0.3, 0.4) is 0 Å². The first-order valence-corrected chi connectivity index (χ1v) is 6.00. The zero-order chi connectivity index (χ0) is 12.5. The number of nitrogens with two attached hydrogens (primary N) is 1. The summed E-state index contributed by atoms with van der Waals surface area (Å²) >= 11 is 5.06. The molecule has 0 spiro atoms. The van der Waals surface area contributed by atoms with Crippen LogP contribution in [0.4, 0.5) is 0 Å². The fourth-order valence-corrected chi connectivity index (χ4v) is 2.42. The second-order valence-electron chi connectivity index (χ2n) is 4.43. The molecule has 0 saturated heterocycles. The lowest BCUT2D eigenvalue weighted by Gasteiger charge is -2.28. The Kier molecular flexibility index (Phi) is 3.15. The third-order valence-corrected chi connectivity index (χ3v) is 3.53. The lowest BCUT2D eigenvalue weighted by atomic mass is 9.97. The van der Waals surface area contributed by atoms with Crippen LogP contribution < -0.4 is 11.1 Å². The second kappa shape index (κ2) is 4.44. The van der Waals surface area contributed by atoms with Crippen LogP contribution in [0.15, 0.2) is 10.6 Å². The van der Waals surface area contributed by atoms with E-state index in [4.69, 9.17) is 22.5 Å². The predicted molar refractivity (Wildman–Crippen MR) is 66.7 cm³/mol. The minimum atomic E-state index is -0.542. The van der Waals surface area contributed by atoms with Crippen LogP contribution in [-0.2, 0) is 0 Å². The lowest BCUT2D eigenvalue weighted by molar-refractivity contribution is 0.0915. The van der Waals surface area contributed by atoms with Crippen molar-refractivity contribution in [2.24, 2.45) is 5.73 Å². The normalized spacial score (nSPS) is 17.9. The van der Waals surface area contributed by atoms with Crippen LogP contribution in [0.5, 0.6) is 0 Å². The SMILES string of the molecule is Cc1cc(C(=O)NC2(C(N)=S)CCCC2)no1. The molecule has 1 aromatic rings. The maximum absolute atomic E-state index is 12.0. The van der Waals surface area contributed by atoms with Crippen LogP contribution >= 0.6 is 12.2 Å². The summed E-state index contributed by atoms with van der Waals surface area (Å²) in [6.45, 7) is 1.74. The van der Waals surface area contributed by atoms with E-state index in [1.54, 1.807) is 13.0 Å². The van der Waals surface area contributed by atoms with Gasteiger partial charge in [-0.2, -0.15) is 0 Å². The van der Waals surface area contributed by atoms with Gasteiger partial charge < -0.3 is 15.6 Å². The van der Waals surface area contributed by atoms with Crippen LogP contribution in [0.1, 0.15) is 41.9 Å². The van der Waals surface area contributed by atoms with Crippen molar-refractivity contribution in [3.05, 3.63) is 17.5 Å². The molecule has 0 radical (unpaired) electrons. The standard InChI is InChI=1S/C11H15N3O2S/c1-7-6-8(14-16-7)9(15)13-11(10(12)17)4-2-3-5-11/h6H,2-5H2,1H3,(H2,12,17)(H,13,15). The van der Waals surface area contributed by atoms with Gasteiger partial charge >= 0.3 is 0 Å². The van der Waals surface area contributed by atoms with Gasteiger partial charge in [0, 0.05) is 6.07 Å². The van der Waals surface area contributed by atoms with E-state index < -0.39 is 5.54 Å². The highest BCUT2D eigenvalue weighted by molar-refractivity contribution is 7.80. The molecule has 1 saturated carbocycles. The van der Waals surface area contributed by atoms with E-state index in [1.807, 2.05) is 0 Å². The largest absolute Gasteiger partial charge is 0.391 e. The summed E-state index contributed by atoms with van der Waals surface area (Å²) in [5.74, 6) is 0.322. The van der Waals surface area contributed by atoms with Gasteiger partial charge in [0.25, 0.3) is 5.91 Å². The van der Waals surface area contributed by atoms with Crippen LogP contribution in [0, 0.1) is 6.92 Å². The van der Waals surface area contributed by atoms with Crippen LogP contribution in [-0.4, -0.2) is 21.6 Å². The summed E-state index contributed by atoms with van der Waals surface area (Å²) in [4.78, 5) is 12.3.